The molecule has 88 valence electrons. The van der Waals surface area contributed by atoms with Crippen LogP contribution in [0.1, 0.15) is 18.4 Å². The van der Waals surface area contributed by atoms with E-state index in [0.717, 1.165) is 18.8 Å². The van der Waals surface area contributed by atoms with Gasteiger partial charge in [0.25, 0.3) is 0 Å². The van der Waals surface area contributed by atoms with E-state index < -0.39 is 0 Å². The Morgan fingerprint density at radius 2 is 2.31 bits per heavy atom. The number of halogens is 1. The molecule has 0 spiro atoms. The molecule has 1 heterocycles. The SMILES string of the molecule is CCOc1cccc(C2CNCC2CF)c1. The summed E-state index contributed by atoms with van der Waals surface area (Å²) < 4.78 is 18.3. The largest absolute Gasteiger partial charge is 0.494 e. The van der Waals surface area contributed by atoms with E-state index in [0.29, 0.717) is 6.61 Å². The number of nitrogens with one attached hydrogen (secondary N) is 1. The third kappa shape index (κ3) is 2.35. The number of alkyl halides is 1. The lowest BCUT2D eigenvalue weighted by Crippen LogP contribution is -2.12. The van der Waals surface area contributed by atoms with Crippen LogP contribution in [0, 0.1) is 5.92 Å². The van der Waals surface area contributed by atoms with Gasteiger partial charge in [0.05, 0.1) is 13.3 Å². The van der Waals surface area contributed by atoms with Gasteiger partial charge in [0.1, 0.15) is 5.75 Å². The highest BCUT2D eigenvalue weighted by atomic mass is 19.1. The molecule has 16 heavy (non-hydrogen) atoms. The molecule has 1 aromatic rings. The van der Waals surface area contributed by atoms with E-state index in [1.54, 1.807) is 0 Å². The van der Waals surface area contributed by atoms with Crippen molar-refractivity contribution in [2.24, 2.45) is 5.92 Å². The highest BCUT2D eigenvalue weighted by molar-refractivity contribution is 5.32. The molecule has 1 fully saturated rings. The lowest BCUT2D eigenvalue weighted by atomic mass is 9.90. The highest BCUT2D eigenvalue weighted by Crippen LogP contribution is 2.30. The standard InChI is InChI=1S/C13H18FNO/c1-2-16-12-5-3-4-10(6-12)13-9-15-8-11(13)7-14/h3-6,11,13,15H,2,7-9H2,1H3. The van der Waals surface area contributed by atoms with Crippen molar-refractivity contribution in [3.8, 4) is 5.75 Å². The summed E-state index contributed by atoms with van der Waals surface area (Å²) in [4.78, 5) is 0. The Morgan fingerprint density at radius 1 is 1.44 bits per heavy atom. The average Bonchev–Trinajstić information content (AvgIpc) is 2.78. The predicted octanol–water partition coefficient (Wildman–Crippen LogP) is 2.36. The van der Waals surface area contributed by atoms with Gasteiger partial charge in [-0.25, -0.2) is 0 Å². The van der Waals surface area contributed by atoms with Crippen LogP contribution < -0.4 is 10.1 Å². The first-order valence-corrected chi connectivity index (χ1v) is 5.84. The molecule has 1 aliphatic heterocycles. The maximum atomic E-state index is 12.8. The lowest BCUT2D eigenvalue weighted by Gasteiger charge is -2.16. The first-order chi connectivity index (χ1) is 7.85. The highest BCUT2D eigenvalue weighted by Gasteiger charge is 2.28. The Bertz CT molecular complexity index is 342. The second-order valence-electron chi connectivity index (χ2n) is 4.18. The van der Waals surface area contributed by atoms with Gasteiger partial charge in [-0.2, -0.15) is 0 Å². The van der Waals surface area contributed by atoms with Gasteiger partial charge in [-0.3, -0.25) is 4.39 Å². The quantitative estimate of drug-likeness (QED) is 0.846. The van der Waals surface area contributed by atoms with Crippen LogP contribution in [0.15, 0.2) is 24.3 Å². The van der Waals surface area contributed by atoms with E-state index in [1.807, 2.05) is 25.1 Å². The van der Waals surface area contributed by atoms with Crippen LogP contribution in [0.5, 0.6) is 5.75 Å². The summed E-state index contributed by atoms with van der Waals surface area (Å²) in [5.74, 6) is 1.27. The molecule has 0 aliphatic carbocycles. The first-order valence-electron chi connectivity index (χ1n) is 5.84. The fourth-order valence-electron chi connectivity index (χ4n) is 2.29. The molecule has 0 radical (unpaired) electrons. The second kappa shape index (κ2) is 5.30. The summed E-state index contributed by atoms with van der Waals surface area (Å²) in [6.07, 6.45) is 0. The van der Waals surface area contributed by atoms with Crippen molar-refractivity contribution < 1.29 is 9.13 Å². The molecule has 0 bridgehead atoms. The van der Waals surface area contributed by atoms with Crippen molar-refractivity contribution in [2.45, 2.75) is 12.8 Å². The molecule has 1 N–H and O–H groups in total. The van der Waals surface area contributed by atoms with Crippen molar-refractivity contribution in [2.75, 3.05) is 26.4 Å². The van der Waals surface area contributed by atoms with Gasteiger partial charge in [-0.1, -0.05) is 12.1 Å². The van der Waals surface area contributed by atoms with Crippen LogP contribution >= 0.6 is 0 Å². The van der Waals surface area contributed by atoms with E-state index in [-0.39, 0.29) is 18.5 Å². The topological polar surface area (TPSA) is 21.3 Å². The van der Waals surface area contributed by atoms with E-state index in [1.165, 1.54) is 5.56 Å². The van der Waals surface area contributed by atoms with E-state index in [2.05, 4.69) is 11.4 Å². The molecule has 2 rings (SSSR count). The number of rotatable bonds is 4. The van der Waals surface area contributed by atoms with Crippen molar-refractivity contribution in [3.63, 3.8) is 0 Å². The van der Waals surface area contributed by atoms with E-state index in [4.69, 9.17) is 4.74 Å². The van der Waals surface area contributed by atoms with E-state index >= 15 is 0 Å². The van der Waals surface area contributed by atoms with Crippen LogP contribution in [0.4, 0.5) is 4.39 Å². The molecule has 1 aliphatic rings. The molecule has 0 saturated carbocycles. The zero-order valence-electron chi connectivity index (χ0n) is 9.58. The third-order valence-electron chi connectivity index (χ3n) is 3.14. The first kappa shape index (κ1) is 11.4. The van der Waals surface area contributed by atoms with Gasteiger partial charge < -0.3 is 10.1 Å². The predicted molar refractivity (Wildman–Crippen MR) is 62.7 cm³/mol. The number of ether oxygens (including phenoxy) is 1. The summed E-state index contributed by atoms with van der Waals surface area (Å²) in [7, 11) is 0. The zero-order chi connectivity index (χ0) is 11.4. The van der Waals surface area contributed by atoms with Gasteiger partial charge in [0.2, 0.25) is 0 Å². The van der Waals surface area contributed by atoms with Gasteiger partial charge >= 0.3 is 0 Å². The van der Waals surface area contributed by atoms with Gasteiger partial charge in [-0.15, -0.1) is 0 Å². The molecule has 0 amide bonds. The molecule has 2 unspecified atom stereocenters. The lowest BCUT2D eigenvalue weighted by molar-refractivity contribution is 0.337. The van der Waals surface area contributed by atoms with Crippen molar-refractivity contribution in [1.82, 2.24) is 5.32 Å². The minimum absolute atomic E-state index is 0.108. The summed E-state index contributed by atoms with van der Waals surface area (Å²) in [6.45, 7) is 4.02. The van der Waals surface area contributed by atoms with Gasteiger partial charge in [0.15, 0.2) is 0 Å². The Labute approximate surface area is 95.8 Å². The molecule has 1 aromatic carbocycles. The fourth-order valence-corrected chi connectivity index (χ4v) is 2.29. The summed E-state index contributed by atoms with van der Waals surface area (Å²) in [5.41, 5.74) is 1.18. The third-order valence-corrected chi connectivity index (χ3v) is 3.14. The minimum atomic E-state index is -0.253. The van der Waals surface area contributed by atoms with Gasteiger partial charge in [0, 0.05) is 24.9 Å². The molecule has 2 nitrogen and oxygen atoms in total. The average molecular weight is 223 g/mol. The Morgan fingerprint density at radius 3 is 3.06 bits per heavy atom. The summed E-state index contributed by atoms with van der Waals surface area (Å²) >= 11 is 0. The van der Waals surface area contributed by atoms with Crippen molar-refractivity contribution in [3.05, 3.63) is 29.8 Å². The summed E-state index contributed by atoms with van der Waals surface area (Å²) in [5, 5.41) is 3.24. The number of hydrogen-bond donors (Lipinski definition) is 1. The zero-order valence-corrected chi connectivity index (χ0v) is 9.58. The molecule has 2 atom stereocenters. The van der Waals surface area contributed by atoms with E-state index in [9.17, 15) is 4.39 Å². The number of hydrogen-bond acceptors (Lipinski definition) is 2. The van der Waals surface area contributed by atoms with Crippen LogP contribution in [-0.4, -0.2) is 26.4 Å². The van der Waals surface area contributed by atoms with Crippen molar-refractivity contribution in [1.29, 1.82) is 0 Å². The van der Waals surface area contributed by atoms with Crippen LogP contribution in [-0.2, 0) is 0 Å². The van der Waals surface area contributed by atoms with Crippen LogP contribution in [0.3, 0.4) is 0 Å². The van der Waals surface area contributed by atoms with Gasteiger partial charge in [-0.05, 0) is 24.6 Å². The Hall–Kier alpha value is -1.09. The fraction of sp³-hybridized carbons (Fsp3) is 0.538. The molecule has 1 saturated heterocycles. The van der Waals surface area contributed by atoms with Crippen LogP contribution in [0.25, 0.3) is 0 Å². The van der Waals surface area contributed by atoms with Crippen LogP contribution in [0.2, 0.25) is 0 Å². The Balaban J connectivity index is 2.16. The number of benzene rings is 1. The maximum Gasteiger partial charge on any atom is 0.119 e. The molecular formula is C13H18FNO. The smallest absolute Gasteiger partial charge is 0.119 e. The molecule has 3 heteroatoms. The second-order valence-corrected chi connectivity index (χ2v) is 4.18. The summed E-state index contributed by atoms with van der Waals surface area (Å²) in [6, 6.07) is 8.01. The Kier molecular flexibility index (Phi) is 3.78. The molecule has 0 aromatic heterocycles. The minimum Gasteiger partial charge on any atom is -0.494 e. The normalized spacial score (nSPS) is 24.6. The monoisotopic (exact) mass is 223 g/mol. The molecular weight excluding hydrogens is 205 g/mol. The van der Waals surface area contributed by atoms with Crippen molar-refractivity contribution >= 4 is 0 Å². The maximum absolute atomic E-state index is 12.8.